The molecule has 0 spiro atoms. The number of hydrogen-bond acceptors (Lipinski definition) is 5. The van der Waals surface area contributed by atoms with Gasteiger partial charge in [-0.15, -0.1) is 0 Å². The lowest BCUT2D eigenvalue weighted by molar-refractivity contribution is 0.0748. The second-order valence-electron chi connectivity index (χ2n) is 6.17. The Morgan fingerprint density at radius 1 is 1.35 bits per heavy atom. The molecule has 1 amide bonds. The van der Waals surface area contributed by atoms with Crippen LogP contribution >= 0.6 is 0 Å². The van der Waals surface area contributed by atoms with Crippen LogP contribution in [0.2, 0.25) is 0 Å². The molecule has 126 valence electrons. The zero-order valence-corrected chi connectivity index (χ0v) is 13.0. The molecule has 6 nitrogen and oxygen atoms in total. The highest BCUT2D eigenvalue weighted by atomic mass is 19.1. The number of β-amino-alcohol motifs (C(OH)–C–C–N with tert-alkyl or cyclic N) is 1. The number of amides is 1. The molecule has 2 fully saturated rings. The van der Waals surface area contributed by atoms with Crippen LogP contribution in [0.15, 0.2) is 15.3 Å². The average molecular weight is 325 g/mol. The number of nitrogens with zero attached hydrogens (tertiary/aromatic N) is 1. The number of hydrogen-bond donors (Lipinski definition) is 1. The quantitative estimate of drug-likeness (QED) is 0.877. The summed E-state index contributed by atoms with van der Waals surface area (Å²) in [6.45, 7) is 2.60. The number of alkyl halides is 1. The summed E-state index contributed by atoms with van der Waals surface area (Å²) in [5.74, 6) is 0.0919. The standard InChI is InChI=1S/C16H20FNO5/c1-9-6-13(10-2-4-22-5-3-10)23-16(21)14(9)15(20)18-7-11(17)12(19)8-18/h6,10-12,19H,2-5,7-8H2,1H3/t11-,12-/m1/s1. The Morgan fingerprint density at radius 2 is 2.04 bits per heavy atom. The molecule has 3 heterocycles. The summed E-state index contributed by atoms with van der Waals surface area (Å²) in [6, 6.07) is 1.71. The van der Waals surface area contributed by atoms with E-state index in [0.29, 0.717) is 24.5 Å². The number of aliphatic hydroxyl groups excluding tert-OH is 1. The van der Waals surface area contributed by atoms with Gasteiger partial charge in [0.2, 0.25) is 0 Å². The van der Waals surface area contributed by atoms with E-state index < -0.39 is 23.8 Å². The number of aryl methyl sites for hydroxylation is 1. The Hall–Kier alpha value is -1.73. The van der Waals surface area contributed by atoms with Gasteiger partial charge < -0.3 is 19.2 Å². The van der Waals surface area contributed by atoms with Gasteiger partial charge in [-0.1, -0.05) is 0 Å². The number of carbonyl (C=O) groups excluding carboxylic acids is 1. The van der Waals surface area contributed by atoms with Gasteiger partial charge in [0.25, 0.3) is 5.91 Å². The maximum Gasteiger partial charge on any atom is 0.349 e. The van der Waals surface area contributed by atoms with Crippen LogP contribution in [0, 0.1) is 6.92 Å². The molecule has 23 heavy (non-hydrogen) atoms. The predicted molar refractivity (Wildman–Crippen MR) is 79.3 cm³/mol. The van der Waals surface area contributed by atoms with Gasteiger partial charge in [0, 0.05) is 25.7 Å². The largest absolute Gasteiger partial charge is 0.427 e. The zero-order valence-electron chi connectivity index (χ0n) is 13.0. The number of ether oxygens (including phenoxy) is 1. The van der Waals surface area contributed by atoms with Crippen LogP contribution in [-0.2, 0) is 4.74 Å². The van der Waals surface area contributed by atoms with Gasteiger partial charge in [-0.2, -0.15) is 0 Å². The first kappa shape index (κ1) is 16.1. The highest BCUT2D eigenvalue weighted by molar-refractivity contribution is 5.95. The van der Waals surface area contributed by atoms with Crippen LogP contribution in [0.1, 0.15) is 40.4 Å². The van der Waals surface area contributed by atoms with E-state index in [-0.39, 0.29) is 24.6 Å². The minimum atomic E-state index is -1.48. The summed E-state index contributed by atoms with van der Waals surface area (Å²) < 4.78 is 24.0. The Labute approximate surface area is 132 Å². The Kier molecular flexibility index (Phi) is 4.50. The van der Waals surface area contributed by atoms with Crippen molar-refractivity contribution >= 4 is 5.91 Å². The monoisotopic (exact) mass is 325 g/mol. The minimum Gasteiger partial charge on any atom is -0.427 e. The fourth-order valence-electron chi connectivity index (χ4n) is 3.14. The first-order valence-electron chi connectivity index (χ1n) is 7.81. The summed E-state index contributed by atoms with van der Waals surface area (Å²) in [6.07, 6.45) is -1.13. The van der Waals surface area contributed by atoms with Crippen molar-refractivity contribution < 1.29 is 23.4 Å². The smallest absolute Gasteiger partial charge is 0.349 e. The van der Waals surface area contributed by atoms with Crippen molar-refractivity contribution in [3.05, 3.63) is 33.4 Å². The lowest BCUT2D eigenvalue weighted by Crippen LogP contribution is -2.34. The van der Waals surface area contributed by atoms with Crippen molar-refractivity contribution in [2.75, 3.05) is 26.3 Å². The van der Waals surface area contributed by atoms with Gasteiger partial charge in [0.15, 0.2) is 0 Å². The van der Waals surface area contributed by atoms with Crippen molar-refractivity contribution in [1.82, 2.24) is 4.90 Å². The molecule has 1 aromatic rings. The number of carbonyl (C=O) groups is 1. The van der Waals surface area contributed by atoms with E-state index in [4.69, 9.17) is 9.15 Å². The van der Waals surface area contributed by atoms with Gasteiger partial charge in [-0.25, -0.2) is 9.18 Å². The van der Waals surface area contributed by atoms with Gasteiger partial charge >= 0.3 is 5.63 Å². The van der Waals surface area contributed by atoms with E-state index in [2.05, 4.69) is 0 Å². The molecule has 2 aliphatic rings. The summed E-state index contributed by atoms with van der Waals surface area (Å²) in [5, 5.41) is 9.43. The van der Waals surface area contributed by atoms with Crippen LogP contribution in [0.5, 0.6) is 0 Å². The molecule has 1 aromatic heterocycles. The van der Waals surface area contributed by atoms with Crippen molar-refractivity contribution in [3.8, 4) is 0 Å². The first-order chi connectivity index (χ1) is 11.0. The first-order valence-corrected chi connectivity index (χ1v) is 7.81. The molecule has 0 saturated carbocycles. The molecular formula is C16H20FNO5. The Bertz CT molecular complexity index is 642. The van der Waals surface area contributed by atoms with Crippen LogP contribution < -0.4 is 5.63 Å². The van der Waals surface area contributed by atoms with Gasteiger partial charge in [-0.05, 0) is 31.4 Å². The molecular weight excluding hydrogens is 305 g/mol. The summed E-state index contributed by atoms with van der Waals surface area (Å²) in [4.78, 5) is 25.9. The van der Waals surface area contributed by atoms with E-state index in [1.807, 2.05) is 0 Å². The number of aliphatic hydroxyl groups is 1. The Morgan fingerprint density at radius 3 is 2.61 bits per heavy atom. The number of likely N-dealkylation sites (tertiary alicyclic amines) is 1. The van der Waals surface area contributed by atoms with Crippen molar-refractivity contribution in [2.24, 2.45) is 0 Å². The van der Waals surface area contributed by atoms with E-state index in [1.165, 1.54) is 0 Å². The SMILES string of the molecule is Cc1cc(C2CCOCC2)oc(=O)c1C(=O)N1C[C@@H](O)[C@H](F)C1. The molecule has 3 rings (SSSR count). The van der Waals surface area contributed by atoms with Crippen molar-refractivity contribution in [3.63, 3.8) is 0 Å². The third-order valence-electron chi connectivity index (χ3n) is 4.51. The lowest BCUT2D eigenvalue weighted by atomic mass is 9.95. The number of halogens is 1. The van der Waals surface area contributed by atoms with Crippen LogP contribution in [0.25, 0.3) is 0 Å². The zero-order chi connectivity index (χ0) is 16.6. The fourth-order valence-corrected chi connectivity index (χ4v) is 3.14. The second-order valence-corrected chi connectivity index (χ2v) is 6.17. The molecule has 0 aromatic carbocycles. The molecule has 2 aliphatic heterocycles. The van der Waals surface area contributed by atoms with Crippen molar-refractivity contribution in [2.45, 2.75) is 38.0 Å². The third kappa shape index (κ3) is 3.16. The van der Waals surface area contributed by atoms with Gasteiger partial charge in [0.1, 0.15) is 23.6 Å². The lowest BCUT2D eigenvalue weighted by Gasteiger charge is -2.22. The van der Waals surface area contributed by atoms with Gasteiger partial charge in [-0.3, -0.25) is 4.79 Å². The maximum absolute atomic E-state index is 13.4. The molecule has 7 heteroatoms. The molecule has 1 N–H and O–H groups in total. The molecule has 2 saturated heterocycles. The summed E-state index contributed by atoms with van der Waals surface area (Å²) in [7, 11) is 0. The summed E-state index contributed by atoms with van der Waals surface area (Å²) in [5.41, 5.74) is -0.264. The van der Waals surface area contributed by atoms with E-state index in [0.717, 1.165) is 17.7 Å². The third-order valence-corrected chi connectivity index (χ3v) is 4.51. The fraction of sp³-hybridized carbons (Fsp3) is 0.625. The maximum atomic E-state index is 13.4. The number of rotatable bonds is 2. The molecule has 0 aliphatic carbocycles. The minimum absolute atomic E-state index is 0.0814. The predicted octanol–water partition coefficient (Wildman–Crippen LogP) is 0.997. The van der Waals surface area contributed by atoms with Crippen LogP contribution in [0.3, 0.4) is 0 Å². The molecule has 2 atom stereocenters. The van der Waals surface area contributed by atoms with Gasteiger partial charge in [0.05, 0.1) is 6.54 Å². The van der Waals surface area contributed by atoms with Crippen molar-refractivity contribution in [1.29, 1.82) is 0 Å². The molecule has 0 radical (unpaired) electrons. The highest BCUT2D eigenvalue weighted by Crippen LogP contribution is 2.27. The Balaban J connectivity index is 1.85. The second kappa shape index (κ2) is 6.41. The van der Waals surface area contributed by atoms with Crippen LogP contribution in [0.4, 0.5) is 4.39 Å². The van der Waals surface area contributed by atoms with E-state index in [1.54, 1.807) is 13.0 Å². The highest BCUT2D eigenvalue weighted by Gasteiger charge is 2.36. The molecule has 0 bridgehead atoms. The van der Waals surface area contributed by atoms with E-state index >= 15 is 0 Å². The average Bonchev–Trinajstić information content (AvgIpc) is 2.87. The van der Waals surface area contributed by atoms with E-state index in [9.17, 15) is 19.1 Å². The summed E-state index contributed by atoms with van der Waals surface area (Å²) >= 11 is 0. The topological polar surface area (TPSA) is 80.0 Å². The normalized spacial score (nSPS) is 25.8. The molecule has 0 unspecified atom stereocenters. The van der Waals surface area contributed by atoms with Crippen LogP contribution in [-0.4, -0.2) is 54.5 Å².